The van der Waals surface area contributed by atoms with E-state index >= 15 is 0 Å². The number of urea groups is 1. The Kier molecular flexibility index (Phi) is 7.79. The lowest BCUT2D eigenvalue weighted by Crippen LogP contribution is -2.46. The number of carbonyl (C=O) groups excluding carboxylic acids is 2. The van der Waals surface area contributed by atoms with Crippen molar-refractivity contribution in [3.63, 3.8) is 0 Å². The first-order valence-electron chi connectivity index (χ1n) is 11.0. The fourth-order valence-electron chi connectivity index (χ4n) is 3.94. The molecule has 1 fully saturated rings. The number of hydrogen-bond acceptors (Lipinski definition) is 5. The normalized spacial score (nSPS) is 19.1. The lowest BCUT2D eigenvalue weighted by molar-refractivity contribution is -0.117. The molecule has 2 aliphatic rings. The van der Waals surface area contributed by atoms with E-state index in [1.165, 1.54) is 0 Å². The van der Waals surface area contributed by atoms with Crippen LogP contribution < -0.4 is 25.0 Å². The van der Waals surface area contributed by atoms with Crippen LogP contribution in [0.4, 0.5) is 10.5 Å². The highest BCUT2D eigenvalue weighted by Crippen LogP contribution is 2.35. The predicted octanol–water partition coefficient (Wildman–Crippen LogP) is 2.37. The van der Waals surface area contributed by atoms with Crippen molar-refractivity contribution in [2.75, 3.05) is 44.3 Å². The SMILES string of the molecule is CCN(CC)CCC[C@@H](C)NC(=O)N[C@H]1CC(=O)N(c2ccc3c(c2)OCCO3)C1. The summed E-state index contributed by atoms with van der Waals surface area (Å²) in [5.41, 5.74) is 0.763. The second-order valence-electron chi connectivity index (χ2n) is 7.92. The molecule has 166 valence electrons. The topological polar surface area (TPSA) is 83.1 Å². The third-order valence-electron chi connectivity index (χ3n) is 5.68. The van der Waals surface area contributed by atoms with Gasteiger partial charge in [-0.2, -0.15) is 0 Å². The standard InChI is InChI=1S/C22H34N4O4/c1-4-25(5-2)10-6-7-16(3)23-22(28)24-17-13-21(27)26(15-17)18-8-9-19-20(14-18)30-12-11-29-19/h8-9,14,16-17H,4-7,10-13,15H2,1-3H3,(H2,23,24,28)/t16-,17+/m1/s1. The maximum absolute atomic E-state index is 12.5. The van der Waals surface area contributed by atoms with Crippen LogP contribution in [0.3, 0.4) is 0 Å². The van der Waals surface area contributed by atoms with Gasteiger partial charge < -0.3 is 29.9 Å². The molecule has 2 aliphatic heterocycles. The van der Waals surface area contributed by atoms with Crippen LogP contribution in [0.1, 0.15) is 40.0 Å². The van der Waals surface area contributed by atoms with E-state index in [0.717, 1.165) is 38.2 Å². The summed E-state index contributed by atoms with van der Waals surface area (Å²) in [4.78, 5) is 28.9. The number of benzene rings is 1. The highest BCUT2D eigenvalue weighted by Gasteiger charge is 2.32. The maximum atomic E-state index is 12.5. The molecule has 3 rings (SSSR count). The number of nitrogens with zero attached hydrogens (tertiary/aromatic N) is 2. The fourth-order valence-corrected chi connectivity index (χ4v) is 3.94. The molecule has 2 N–H and O–H groups in total. The van der Waals surface area contributed by atoms with Crippen LogP contribution in [0.2, 0.25) is 0 Å². The fraction of sp³-hybridized carbons (Fsp3) is 0.636. The molecule has 8 nitrogen and oxygen atoms in total. The zero-order valence-electron chi connectivity index (χ0n) is 18.3. The average Bonchev–Trinajstić information content (AvgIpc) is 3.10. The van der Waals surface area contributed by atoms with Crippen LogP contribution in [0.25, 0.3) is 0 Å². The number of carbonyl (C=O) groups is 2. The van der Waals surface area contributed by atoms with Gasteiger partial charge in [0.1, 0.15) is 13.2 Å². The van der Waals surface area contributed by atoms with Gasteiger partial charge in [-0.05, 0) is 51.5 Å². The van der Waals surface area contributed by atoms with Crippen LogP contribution in [0, 0.1) is 0 Å². The van der Waals surface area contributed by atoms with Crippen molar-refractivity contribution in [1.82, 2.24) is 15.5 Å². The van der Waals surface area contributed by atoms with Gasteiger partial charge in [-0.25, -0.2) is 4.79 Å². The zero-order chi connectivity index (χ0) is 21.5. The molecule has 0 radical (unpaired) electrons. The molecule has 0 unspecified atom stereocenters. The monoisotopic (exact) mass is 418 g/mol. The van der Waals surface area contributed by atoms with Crippen molar-refractivity contribution < 1.29 is 19.1 Å². The Morgan fingerprint density at radius 2 is 1.97 bits per heavy atom. The van der Waals surface area contributed by atoms with Gasteiger partial charge in [0.25, 0.3) is 0 Å². The van der Waals surface area contributed by atoms with Gasteiger partial charge in [-0.15, -0.1) is 0 Å². The third-order valence-corrected chi connectivity index (χ3v) is 5.68. The van der Waals surface area contributed by atoms with Gasteiger partial charge in [-0.3, -0.25) is 4.79 Å². The van der Waals surface area contributed by atoms with Crippen molar-refractivity contribution in [3.8, 4) is 11.5 Å². The minimum absolute atomic E-state index is 0.00995. The van der Waals surface area contributed by atoms with Crippen molar-refractivity contribution >= 4 is 17.6 Å². The summed E-state index contributed by atoms with van der Waals surface area (Å²) < 4.78 is 11.1. The number of nitrogens with one attached hydrogen (secondary N) is 2. The molecule has 2 heterocycles. The lowest BCUT2D eigenvalue weighted by Gasteiger charge is -2.22. The summed E-state index contributed by atoms with van der Waals surface area (Å²) >= 11 is 0. The van der Waals surface area contributed by atoms with Gasteiger partial charge in [0.05, 0.1) is 6.04 Å². The van der Waals surface area contributed by atoms with Crippen molar-refractivity contribution in [2.24, 2.45) is 0 Å². The van der Waals surface area contributed by atoms with E-state index < -0.39 is 0 Å². The van der Waals surface area contributed by atoms with E-state index in [0.29, 0.717) is 31.3 Å². The highest BCUT2D eigenvalue weighted by atomic mass is 16.6. The Balaban J connectivity index is 1.45. The van der Waals surface area contributed by atoms with Gasteiger partial charge in [-0.1, -0.05) is 13.8 Å². The first-order chi connectivity index (χ1) is 14.5. The van der Waals surface area contributed by atoms with Gasteiger partial charge in [0, 0.05) is 30.8 Å². The molecule has 1 aromatic carbocycles. The molecule has 0 spiro atoms. The molecule has 0 bridgehead atoms. The molecule has 0 aromatic heterocycles. The van der Waals surface area contributed by atoms with Gasteiger partial charge >= 0.3 is 6.03 Å². The van der Waals surface area contributed by atoms with Crippen LogP contribution in [0.15, 0.2) is 18.2 Å². The summed E-state index contributed by atoms with van der Waals surface area (Å²) in [7, 11) is 0. The Hall–Kier alpha value is -2.48. The second kappa shape index (κ2) is 10.5. The molecule has 8 heteroatoms. The molecule has 0 saturated carbocycles. The molecule has 30 heavy (non-hydrogen) atoms. The summed E-state index contributed by atoms with van der Waals surface area (Å²) in [6, 6.07) is 5.16. The van der Waals surface area contributed by atoms with E-state index in [2.05, 4.69) is 29.4 Å². The molecule has 1 saturated heterocycles. The second-order valence-corrected chi connectivity index (χ2v) is 7.92. The average molecular weight is 419 g/mol. The van der Waals surface area contributed by atoms with Crippen molar-refractivity contribution in [1.29, 1.82) is 0 Å². The highest BCUT2D eigenvalue weighted by molar-refractivity contribution is 5.97. The minimum atomic E-state index is -0.216. The molecule has 3 amide bonds. The van der Waals surface area contributed by atoms with Crippen LogP contribution in [0.5, 0.6) is 11.5 Å². The first kappa shape index (κ1) is 22.2. The molecule has 0 aliphatic carbocycles. The maximum Gasteiger partial charge on any atom is 0.315 e. The smallest absolute Gasteiger partial charge is 0.315 e. The molecule has 1 aromatic rings. The number of amides is 3. The summed E-state index contributed by atoms with van der Waals surface area (Å²) in [6.07, 6.45) is 2.26. The first-order valence-corrected chi connectivity index (χ1v) is 11.0. The van der Waals surface area contributed by atoms with Crippen LogP contribution in [-0.2, 0) is 4.79 Å². The van der Waals surface area contributed by atoms with Gasteiger partial charge in [0.2, 0.25) is 5.91 Å². The Morgan fingerprint density at radius 3 is 2.70 bits per heavy atom. The van der Waals surface area contributed by atoms with E-state index in [-0.39, 0.29) is 30.4 Å². The van der Waals surface area contributed by atoms with Crippen molar-refractivity contribution in [2.45, 2.75) is 52.1 Å². The summed E-state index contributed by atoms with van der Waals surface area (Å²) in [6.45, 7) is 11.0. The largest absolute Gasteiger partial charge is 0.486 e. The number of fused-ring (bicyclic) bond motifs is 1. The third kappa shape index (κ3) is 5.78. The predicted molar refractivity (Wildman–Crippen MR) is 116 cm³/mol. The Morgan fingerprint density at radius 1 is 1.23 bits per heavy atom. The zero-order valence-corrected chi connectivity index (χ0v) is 18.3. The quantitative estimate of drug-likeness (QED) is 0.643. The minimum Gasteiger partial charge on any atom is -0.486 e. The Bertz CT molecular complexity index is 738. The summed E-state index contributed by atoms with van der Waals surface area (Å²) in [5, 5.41) is 5.94. The summed E-state index contributed by atoms with van der Waals surface area (Å²) in [5.74, 6) is 1.34. The number of hydrogen-bond donors (Lipinski definition) is 2. The van der Waals surface area contributed by atoms with Crippen LogP contribution in [-0.4, -0.2) is 68.3 Å². The lowest BCUT2D eigenvalue weighted by atomic mass is 10.2. The van der Waals surface area contributed by atoms with E-state index in [1.807, 2.05) is 25.1 Å². The van der Waals surface area contributed by atoms with Gasteiger partial charge in [0.15, 0.2) is 11.5 Å². The number of ether oxygens (including phenoxy) is 2. The van der Waals surface area contributed by atoms with Crippen LogP contribution >= 0.6 is 0 Å². The molecule has 2 atom stereocenters. The van der Waals surface area contributed by atoms with E-state index in [4.69, 9.17) is 9.47 Å². The number of rotatable bonds is 9. The Labute approximate surface area is 178 Å². The molecular weight excluding hydrogens is 384 g/mol. The van der Waals surface area contributed by atoms with Crippen molar-refractivity contribution in [3.05, 3.63) is 18.2 Å². The molecular formula is C22H34N4O4. The van der Waals surface area contributed by atoms with E-state index in [1.54, 1.807) is 4.90 Å². The van der Waals surface area contributed by atoms with E-state index in [9.17, 15) is 9.59 Å². The number of anilines is 1.